The molecular formula is C13H20N2O. The van der Waals surface area contributed by atoms with Crippen molar-refractivity contribution in [1.82, 2.24) is 10.3 Å². The van der Waals surface area contributed by atoms with E-state index in [0.717, 1.165) is 12.3 Å². The monoisotopic (exact) mass is 220 g/mol. The number of rotatable bonds is 2. The molecule has 0 aliphatic heterocycles. The Morgan fingerprint density at radius 3 is 2.44 bits per heavy atom. The maximum absolute atomic E-state index is 9.94. The van der Waals surface area contributed by atoms with Gasteiger partial charge >= 0.3 is 0 Å². The van der Waals surface area contributed by atoms with Gasteiger partial charge in [0.1, 0.15) is 5.69 Å². The summed E-state index contributed by atoms with van der Waals surface area (Å²) in [6.45, 7) is 0. The van der Waals surface area contributed by atoms with E-state index in [9.17, 15) is 4.79 Å². The molecule has 1 heterocycles. The van der Waals surface area contributed by atoms with Crippen molar-refractivity contribution in [3.8, 4) is 0 Å². The van der Waals surface area contributed by atoms with Crippen LogP contribution < -0.4 is 5.32 Å². The summed E-state index contributed by atoms with van der Waals surface area (Å²) in [6, 6.07) is 6.04. The summed E-state index contributed by atoms with van der Waals surface area (Å²) in [7, 11) is 2.07. The first-order valence-electron chi connectivity index (χ1n) is 5.90. The lowest BCUT2D eigenvalue weighted by atomic mass is 9.96. The molecule has 1 aromatic heterocycles. The van der Waals surface area contributed by atoms with E-state index in [4.69, 9.17) is 0 Å². The molecule has 0 bridgehead atoms. The van der Waals surface area contributed by atoms with Crippen molar-refractivity contribution in [2.45, 2.75) is 38.1 Å². The number of nitrogens with one attached hydrogen (secondary N) is 1. The van der Waals surface area contributed by atoms with Gasteiger partial charge in [0.15, 0.2) is 6.29 Å². The van der Waals surface area contributed by atoms with E-state index in [-0.39, 0.29) is 0 Å². The average Bonchev–Trinajstić information content (AvgIpc) is 2.41. The van der Waals surface area contributed by atoms with Crippen LogP contribution in [0.15, 0.2) is 24.4 Å². The minimum Gasteiger partial charge on any atom is -0.317 e. The largest absolute Gasteiger partial charge is 0.317 e. The SMILES string of the molecule is CNC1CCCCC1.O=Cc1ccccn1. The van der Waals surface area contributed by atoms with Gasteiger partial charge in [-0.3, -0.25) is 9.78 Å². The van der Waals surface area contributed by atoms with Gasteiger partial charge in [0.05, 0.1) is 0 Å². The number of pyridine rings is 1. The number of carbonyl (C=O) groups excluding carboxylic acids is 1. The Bertz CT molecular complexity index is 281. The van der Waals surface area contributed by atoms with Crippen LogP contribution in [0.1, 0.15) is 42.6 Å². The molecule has 0 saturated heterocycles. The van der Waals surface area contributed by atoms with Crippen molar-refractivity contribution in [2.75, 3.05) is 7.05 Å². The van der Waals surface area contributed by atoms with E-state index >= 15 is 0 Å². The van der Waals surface area contributed by atoms with Gasteiger partial charge in [-0.05, 0) is 32.0 Å². The van der Waals surface area contributed by atoms with E-state index in [1.807, 2.05) is 0 Å². The zero-order valence-corrected chi connectivity index (χ0v) is 9.86. The summed E-state index contributed by atoms with van der Waals surface area (Å²) in [6.07, 6.45) is 9.44. The van der Waals surface area contributed by atoms with Gasteiger partial charge in [0, 0.05) is 12.2 Å². The Morgan fingerprint density at radius 1 is 1.31 bits per heavy atom. The molecule has 1 aromatic rings. The number of hydrogen-bond acceptors (Lipinski definition) is 3. The first kappa shape index (κ1) is 12.8. The zero-order valence-electron chi connectivity index (χ0n) is 9.86. The van der Waals surface area contributed by atoms with Crippen molar-refractivity contribution in [2.24, 2.45) is 0 Å². The standard InChI is InChI=1S/C7H15N.C6H5NO/c1-8-7-5-3-2-4-6-7;8-5-6-3-1-2-4-7-6/h7-8H,2-6H2,1H3;1-5H. The number of aromatic nitrogens is 1. The molecule has 1 fully saturated rings. The van der Waals surface area contributed by atoms with E-state index < -0.39 is 0 Å². The molecule has 1 aliphatic carbocycles. The van der Waals surface area contributed by atoms with Crippen molar-refractivity contribution in [3.63, 3.8) is 0 Å². The topological polar surface area (TPSA) is 42.0 Å². The van der Waals surface area contributed by atoms with Crippen LogP contribution in [0.2, 0.25) is 0 Å². The van der Waals surface area contributed by atoms with Crippen LogP contribution in [0.25, 0.3) is 0 Å². The smallest absolute Gasteiger partial charge is 0.168 e. The van der Waals surface area contributed by atoms with Crippen LogP contribution in [0, 0.1) is 0 Å². The second-order valence-corrected chi connectivity index (χ2v) is 4.00. The quantitative estimate of drug-likeness (QED) is 0.778. The maximum atomic E-state index is 9.94. The Hall–Kier alpha value is -1.22. The summed E-state index contributed by atoms with van der Waals surface area (Å²) < 4.78 is 0. The van der Waals surface area contributed by atoms with E-state index in [0.29, 0.717) is 5.69 Å². The second-order valence-electron chi connectivity index (χ2n) is 4.00. The molecule has 3 heteroatoms. The summed E-state index contributed by atoms with van der Waals surface area (Å²) in [5.41, 5.74) is 0.479. The van der Waals surface area contributed by atoms with E-state index in [1.165, 1.54) is 32.1 Å². The Balaban J connectivity index is 0.000000160. The van der Waals surface area contributed by atoms with Crippen LogP contribution in [-0.2, 0) is 0 Å². The number of nitrogens with zero attached hydrogens (tertiary/aromatic N) is 1. The van der Waals surface area contributed by atoms with Crippen molar-refractivity contribution < 1.29 is 4.79 Å². The average molecular weight is 220 g/mol. The molecule has 16 heavy (non-hydrogen) atoms. The maximum Gasteiger partial charge on any atom is 0.168 e. The van der Waals surface area contributed by atoms with Crippen LogP contribution in [0.3, 0.4) is 0 Å². The van der Waals surface area contributed by atoms with Crippen molar-refractivity contribution >= 4 is 6.29 Å². The zero-order chi connectivity index (χ0) is 11.6. The third kappa shape index (κ3) is 5.03. The predicted octanol–water partition coefficient (Wildman–Crippen LogP) is 2.43. The highest BCUT2D eigenvalue weighted by molar-refractivity contribution is 5.71. The molecule has 1 N–H and O–H groups in total. The third-order valence-corrected chi connectivity index (χ3v) is 2.82. The fraction of sp³-hybridized carbons (Fsp3) is 0.538. The summed E-state index contributed by atoms with van der Waals surface area (Å²) in [5.74, 6) is 0. The van der Waals surface area contributed by atoms with Crippen LogP contribution in [0.5, 0.6) is 0 Å². The normalized spacial score (nSPS) is 16.1. The van der Waals surface area contributed by atoms with E-state index in [1.54, 1.807) is 24.4 Å². The molecule has 88 valence electrons. The lowest BCUT2D eigenvalue weighted by Crippen LogP contribution is -2.26. The summed E-state index contributed by atoms with van der Waals surface area (Å²) >= 11 is 0. The van der Waals surface area contributed by atoms with Crippen molar-refractivity contribution in [3.05, 3.63) is 30.1 Å². The molecule has 0 unspecified atom stereocenters. The predicted molar refractivity (Wildman–Crippen MR) is 65.6 cm³/mol. The number of aldehydes is 1. The molecule has 2 rings (SSSR count). The van der Waals surface area contributed by atoms with Crippen molar-refractivity contribution in [1.29, 1.82) is 0 Å². The second kappa shape index (κ2) is 7.99. The first-order chi connectivity index (χ1) is 7.86. The first-order valence-corrected chi connectivity index (χ1v) is 5.90. The summed E-state index contributed by atoms with van der Waals surface area (Å²) in [5, 5.41) is 3.30. The summed E-state index contributed by atoms with van der Waals surface area (Å²) in [4.78, 5) is 13.7. The molecular weight excluding hydrogens is 200 g/mol. The van der Waals surface area contributed by atoms with Gasteiger partial charge in [-0.25, -0.2) is 0 Å². The highest BCUT2D eigenvalue weighted by Gasteiger charge is 2.09. The Morgan fingerprint density at radius 2 is 2.06 bits per heavy atom. The van der Waals surface area contributed by atoms with Crippen LogP contribution in [0.4, 0.5) is 0 Å². The molecule has 0 aromatic carbocycles. The van der Waals surface area contributed by atoms with Gasteiger partial charge < -0.3 is 5.32 Å². The van der Waals surface area contributed by atoms with Gasteiger partial charge in [0.2, 0.25) is 0 Å². The van der Waals surface area contributed by atoms with Gasteiger partial charge in [-0.15, -0.1) is 0 Å². The molecule has 1 aliphatic rings. The molecule has 3 nitrogen and oxygen atoms in total. The Kier molecular flexibility index (Phi) is 6.42. The highest BCUT2D eigenvalue weighted by Crippen LogP contribution is 2.16. The minimum atomic E-state index is 0.479. The third-order valence-electron chi connectivity index (χ3n) is 2.82. The molecule has 0 spiro atoms. The van der Waals surface area contributed by atoms with E-state index in [2.05, 4.69) is 17.3 Å². The molecule has 1 saturated carbocycles. The molecule has 0 radical (unpaired) electrons. The van der Waals surface area contributed by atoms with Gasteiger partial charge in [-0.1, -0.05) is 25.3 Å². The highest BCUT2D eigenvalue weighted by atomic mass is 16.1. The fourth-order valence-corrected chi connectivity index (χ4v) is 1.84. The lowest BCUT2D eigenvalue weighted by molar-refractivity contribution is 0.111. The number of carbonyl (C=O) groups is 1. The van der Waals surface area contributed by atoms with Gasteiger partial charge in [-0.2, -0.15) is 0 Å². The minimum absolute atomic E-state index is 0.479. The molecule has 0 atom stereocenters. The molecule has 0 amide bonds. The number of hydrogen-bond donors (Lipinski definition) is 1. The van der Waals surface area contributed by atoms with Crippen LogP contribution in [-0.4, -0.2) is 24.4 Å². The van der Waals surface area contributed by atoms with Gasteiger partial charge in [0.25, 0.3) is 0 Å². The van der Waals surface area contributed by atoms with Crippen LogP contribution >= 0.6 is 0 Å². The fourth-order valence-electron chi connectivity index (χ4n) is 1.84. The lowest BCUT2D eigenvalue weighted by Gasteiger charge is -2.20. The Labute approximate surface area is 97.3 Å².